The van der Waals surface area contributed by atoms with Gasteiger partial charge in [-0.3, -0.25) is 14.6 Å². The zero-order valence-corrected chi connectivity index (χ0v) is 17.3. The molecule has 30 heavy (non-hydrogen) atoms. The quantitative estimate of drug-likeness (QED) is 0.637. The molecule has 3 aromatic rings. The van der Waals surface area contributed by atoms with Crippen molar-refractivity contribution in [1.82, 2.24) is 20.2 Å². The molecule has 2 N–H and O–H groups in total. The van der Waals surface area contributed by atoms with Crippen LogP contribution in [0.1, 0.15) is 29.0 Å². The third kappa shape index (κ3) is 5.01. The van der Waals surface area contributed by atoms with E-state index in [4.69, 9.17) is 0 Å². The molecule has 2 aromatic heterocycles. The predicted octanol–water partition coefficient (Wildman–Crippen LogP) is 3.45. The molecule has 0 aliphatic carbocycles. The number of thiazole rings is 1. The minimum atomic E-state index is -0.216. The topological polar surface area (TPSA) is 87.2 Å². The molecule has 7 nitrogen and oxygen atoms in total. The highest BCUT2D eigenvalue weighted by atomic mass is 32.1. The molecule has 0 unspecified atom stereocenters. The number of hydrogen-bond donors (Lipinski definition) is 2. The number of piperidine rings is 1. The van der Waals surface area contributed by atoms with Crippen molar-refractivity contribution in [3.05, 3.63) is 71.5 Å². The maximum absolute atomic E-state index is 12.9. The Morgan fingerprint density at radius 1 is 1.13 bits per heavy atom. The van der Waals surface area contributed by atoms with E-state index in [9.17, 15) is 9.59 Å². The number of nitrogens with one attached hydrogen (secondary N) is 2. The fourth-order valence-corrected chi connectivity index (χ4v) is 4.14. The van der Waals surface area contributed by atoms with Crippen molar-refractivity contribution in [1.29, 1.82) is 0 Å². The molecule has 0 saturated carbocycles. The van der Waals surface area contributed by atoms with Crippen LogP contribution in [-0.4, -0.2) is 39.8 Å². The van der Waals surface area contributed by atoms with Gasteiger partial charge in [0.1, 0.15) is 5.69 Å². The minimum absolute atomic E-state index is 0.0390. The van der Waals surface area contributed by atoms with Crippen LogP contribution in [0.25, 0.3) is 0 Å². The third-order valence-corrected chi connectivity index (χ3v) is 5.76. The smallest absolute Gasteiger partial charge is 0.273 e. The Labute approximate surface area is 179 Å². The van der Waals surface area contributed by atoms with Crippen molar-refractivity contribution in [2.75, 3.05) is 18.4 Å². The van der Waals surface area contributed by atoms with Crippen molar-refractivity contribution in [2.45, 2.75) is 19.4 Å². The highest BCUT2D eigenvalue weighted by molar-refractivity contribution is 7.14. The number of hydrogen-bond acceptors (Lipinski definition) is 6. The SMILES string of the molecule is O=C(NCc1ccccn1)[C@@H]1CCCN(C(=O)c2csc(Nc3ccccc3)n2)C1. The molecule has 1 aliphatic rings. The molecule has 1 aromatic carbocycles. The van der Waals surface area contributed by atoms with Gasteiger partial charge in [0.25, 0.3) is 5.91 Å². The highest BCUT2D eigenvalue weighted by Gasteiger charge is 2.29. The van der Waals surface area contributed by atoms with Crippen LogP contribution in [-0.2, 0) is 11.3 Å². The number of rotatable bonds is 6. The predicted molar refractivity (Wildman–Crippen MR) is 117 cm³/mol. The number of aromatic nitrogens is 2. The van der Waals surface area contributed by atoms with Crippen LogP contribution in [0.5, 0.6) is 0 Å². The van der Waals surface area contributed by atoms with E-state index >= 15 is 0 Å². The molecule has 1 saturated heterocycles. The fraction of sp³-hybridized carbons (Fsp3) is 0.273. The molecule has 0 bridgehead atoms. The van der Waals surface area contributed by atoms with Crippen LogP contribution in [0.3, 0.4) is 0 Å². The Kier molecular flexibility index (Phi) is 6.34. The first-order chi connectivity index (χ1) is 14.7. The number of pyridine rings is 1. The number of anilines is 2. The fourth-order valence-electron chi connectivity index (χ4n) is 3.44. The first kappa shape index (κ1) is 20.0. The van der Waals surface area contributed by atoms with E-state index < -0.39 is 0 Å². The van der Waals surface area contributed by atoms with E-state index in [1.165, 1.54) is 11.3 Å². The van der Waals surface area contributed by atoms with E-state index in [-0.39, 0.29) is 17.7 Å². The average molecular weight is 422 g/mol. The average Bonchev–Trinajstić information content (AvgIpc) is 3.27. The zero-order chi connectivity index (χ0) is 20.8. The van der Waals surface area contributed by atoms with E-state index in [0.29, 0.717) is 30.5 Å². The van der Waals surface area contributed by atoms with Crippen LogP contribution in [0.2, 0.25) is 0 Å². The summed E-state index contributed by atoms with van der Waals surface area (Å²) in [6, 6.07) is 15.3. The molecular formula is C22H23N5O2S. The lowest BCUT2D eigenvalue weighted by Crippen LogP contribution is -2.45. The van der Waals surface area contributed by atoms with Gasteiger partial charge >= 0.3 is 0 Å². The lowest BCUT2D eigenvalue weighted by molar-refractivity contribution is -0.126. The summed E-state index contributed by atoms with van der Waals surface area (Å²) >= 11 is 1.39. The van der Waals surface area contributed by atoms with Gasteiger partial charge in [0.05, 0.1) is 18.2 Å². The summed E-state index contributed by atoms with van der Waals surface area (Å²) in [6.07, 6.45) is 3.28. The van der Waals surface area contributed by atoms with Crippen LogP contribution in [0, 0.1) is 5.92 Å². The van der Waals surface area contributed by atoms with Crippen molar-refractivity contribution in [2.24, 2.45) is 5.92 Å². The van der Waals surface area contributed by atoms with Crippen LogP contribution >= 0.6 is 11.3 Å². The number of amides is 2. The number of nitrogens with zero attached hydrogens (tertiary/aromatic N) is 3. The third-order valence-electron chi connectivity index (χ3n) is 5.00. The maximum atomic E-state index is 12.9. The minimum Gasteiger partial charge on any atom is -0.350 e. The molecule has 154 valence electrons. The van der Waals surface area contributed by atoms with E-state index in [2.05, 4.69) is 20.6 Å². The molecule has 1 aliphatic heterocycles. The lowest BCUT2D eigenvalue weighted by Gasteiger charge is -2.31. The molecule has 8 heteroatoms. The first-order valence-corrected chi connectivity index (χ1v) is 10.8. The Morgan fingerprint density at radius 2 is 1.97 bits per heavy atom. The number of benzene rings is 1. The Bertz CT molecular complexity index is 993. The summed E-state index contributed by atoms with van der Waals surface area (Å²) < 4.78 is 0. The molecule has 1 atom stereocenters. The van der Waals surface area contributed by atoms with Crippen molar-refractivity contribution >= 4 is 34.0 Å². The van der Waals surface area contributed by atoms with Gasteiger partial charge in [-0.25, -0.2) is 4.98 Å². The monoisotopic (exact) mass is 421 g/mol. The van der Waals surface area contributed by atoms with E-state index in [0.717, 1.165) is 24.2 Å². The summed E-state index contributed by atoms with van der Waals surface area (Å²) in [7, 11) is 0. The van der Waals surface area contributed by atoms with Gasteiger partial charge in [-0.15, -0.1) is 11.3 Å². The summed E-state index contributed by atoms with van der Waals surface area (Å²) in [5, 5.41) is 8.58. The van der Waals surface area contributed by atoms with Gasteiger partial charge in [0.2, 0.25) is 5.91 Å². The Hall–Kier alpha value is -3.26. The second-order valence-corrected chi connectivity index (χ2v) is 8.02. The zero-order valence-electron chi connectivity index (χ0n) is 16.5. The summed E-state index contributed by atoms with van der Waals surface area (Å²) in [6.45, 7) is 1.44. The van der Waals surface area contributed by atoms with E-state index in [1.54, 1.807) is 16.5 Å². The molecule has 2 amide bonds. The van der Waals surface area contributed by atoms with Crippen LogP contribution in [0.4, 0.5) is 10.8 Å². The molecule has 3 heterocycles. The number of para-hydroxylation sites is 1. The van der Waals surface area contributed by atoms with Crippen molar-refractivity contribution in [3.8, 4) is 0 Å². The van der Waals surface area contributed by atoms with Crippen molar-refractivity contribution < 1.29 is 9.59 Å². The van der Waals surface area contributed by atoms with Crippen molar-refractivity contribution in [3.63, 3.8) is 0 Å². The summed E-state index contributed by atoms with van der Waals surface area (Å²) in [5.41, 5.74) is 2.15. The maximum Gasteiger partial charge on any atom is 0.273 e. The van der Waals surface area contributed by atoms with Crippen LogP contribution < -0.4 is 10.6 Å². The summed E-state index contributed by atoms with van der Waals surface area (Å²) in [4.78, 5) is 35.9. The highest BCUT2D eigenvalue weighted by Crippen LogP contribution is 2.23. The standard InChI is InChI=1S/C22H23N5O2S/c28-20(24-13-18-10-4-5-11-23-18)16-7-6-12-27(14-16)21(29)19-15-30-22(26-19)25-17-8-2-1-3-9-17/h1-5,8-11,15-16H,6-7,12-14H2,(H,24,28)(H,25,26)/t16-/m1/s1. The molecule has 4 rings (SSSR count). The molecule has 1 fully saturated rings. The number of carbonyl (C=O) groups excluding carboxylic acids is 2. The van der Waals surface area contributed by atoms with Gasteiger partial charge < -0.3 is 15.5 Å². The van der Waals surface area contributed by atoms with Gasteiger partial charge in [-0.05, 0) is 37.1 Å². The van der Waals surface area contributed by atoms with E-state index in [1.807, 2.05) is 48.5 Å². The lowest BCUT2D eigenvalue weighted by atomic mass is 9.97. The molecular weight excluding hydrogens is 398 g/mol. The van der Waals surface area contributed by atoms with Crippen LogP contribution in [0.15, 0.2) is 60.1 Å². The second kappa shape index (κ2) is 9.49. The van der Waals surface area contributed by atoms with Gasteiger partial charge in [0.15, 0.2) is 5.13 Å². The van der Waals surface area contributed by atoms with Gasteiger partial charge in [-0.1, -0.05) is 24.3 Å². The van der Waals surface area contributed by atoms with Gasteiger partial charge in [0, 0.05) is 30.4 Å². The number of carbonyl (C=O) groups is 2. The summed E-state index contributed by atoms with van der Waals surface area (Å²) in [5.74, 6) is -0.385. The second-order valence-electron chi connectivity index (χ2n) is 7.16. The Morgan fingerprint density at radius 3 is 2.77 bits per heavy atom. The number of likely N-dealkylation sites (tertiary alicyclic amines) is 1. The molecule has 0 spiro atoms. The normalized spacial score (nSPS) is 16.1. The largest absolute Gasteiger partial charge is 0.350 e. The first-order valence-electron chi connectivity index (χ1n) is 9.93. The van der Waals surface area contributed by atoms with Gasteiger partial charge in [-0.2, -0.15) is 0 Å². The Balaban J connectivity index is 1.33. The molecule has 0 radical (unpaired) electrons.